The molecule has 1 aliphatic heterocycles. The van der Waals surface area contributed by atoms with Crippen molar-refractivity contribution in [2.45, 2.75) is 37.1 Å². The quantitative estimate of drug-likeness (QED) is 0.581. The summed E-state index contributed by atoms with van der Waals surface area (Å²) in [5.74, 6) is 1.08. The van der Waals surface area contributed by atoms with Gasteiger partial charge >= 0.3 is 0 Å². The molecule has 0 spiro atoms. The van der Waals surface area contributed by atoms with Crippen molar-refractivity contribution in [3.05, 3.63) is 72.2 Å². The Labute approximate surface area is 182 Å². The van der Waals surface area contributed by atoms with Crippen LogP contribution in [-0.2, 0) is 27.8 Å². The maximum absolute atomic E-state index is 12.6. The van der Waals surface area contributed by atoms with E-state index in [-0.39, 0.29) is 12.3 Å². The van der Waals surface area contributed by atoms with Crippen LogP contribution in [0.2, 0.25) is 0 Å². The molecule has 0 radical (unpaired) electrons. The molecule has 1 aliphatic rings. The molecule has 0 aliphatic carbocycles. The van der Waals surface area contributed by atoms with E-state index >= 15 is 0 Å². The number of nitrogens with one attached hydrogen (secondary N) is 1. The molecule has 162 valence electrons. The van der Waals surface area contributed by atoms with Gasteiger partial charge in [0.2, 0.25) is 15.9 Å². The summed E-state index contributed by atoms with van der Waals surface area (Å²) in [5, 5.41) is 2.85. The Morgan fingerprint density at radius 3 is 2.45 bits per heavy atom. The van der Waals surface area contributed by atoms with E-state index in [1.807, 2.05) is 30.3 Å². The van der Waals surface area contributed by atoms with Crippen molar-refractivity contribution < 1.29 is 17.6 Å². The van der Waals surface area contributed by atoms with Crippen LogP contribution in [0, 0.1) is 0 Å². The number of benzene rings is 2. The van der Waals surface area contributed by atoms with Gasteiger partial charge in [0.1, 0.15) is 0 Å². The fourth-order valence-electron chi connectivity index (χ4n) is 3.53. The van der Waals surface area contributed by atoms with Crippen molar-refractivity contribution in [2.24, 2.45) is 0 Å². The van der Waals surface area contributed by atoms with Crippen molar-refractivity contribution in [1.82, 2.24) is 14.6 Å². The molecular weight excluding hydrogens is 414 g/mol. The topological polar surface area (TPSA) is 92.5 Å². The van der Waals surface area contributed by atoms with Gasteiger partial charge in [-0.1, -0.05) is 42.5 Å². The molecule has 7 nitrogen and oxygen atoms in total. The lowest BCUT2D eigenvalue weighted by Crippen LogP contribution is -2.28. The van der Waals surface area contributed by atoms with Gasteiger partial charge in [-0.2, -0.15) is 4.31 Å². The van der Waals surface area contributed by atoms with Crippen molar-refractivity contribution >= 4 is 15.9 Å². The maximum atomic E-state index is 12.6. The van der Waals surface area contributed by atoms with E-state index in [9.17, 15) is 13.2 Å². The zero-order valence-electron chi connectivity index (χ0n) is 17.2. The summed E-state index contributed by atoms with van der Waals surface area (Å²) in [4.78, 5) is 16.7. The molecule has 2 aromatic carbocycles. The number of aryl methyl sites for hydroxylation is 1. The summed E-state index contributed by atoms with van der Waals surface area (Å²) < 4.78 is 32.4. The van der Waals surface area contributed by atoms with E-state index in [1.165, 1.54) is 4.31 Å². The number of hydrogen-bond donors (Lipinski definition) is 1. The van der Waals surface area contributed by atoms with Crippen molar-refractivity contribution in [3.63, 3.8) is 0 Å². The average Bonchev–Trinajstić information content (AvgIpc) is 3.50. The van der Waals surface area contributed by atoms with Gasteiger partial charge in [0.25, 0.3) is 0 Å². The van der Waals surface area contributed by atoms with Crippen LogP contribution in [-0.4, -0.2) is 36.7 Å². The van der Waals surface area contributed by atoms with Crippen LogP contribution in [0.15, 0.2) is 70.1 Å². The van der Waals surface area contributed by atoms with Crippen molar-refractivity contribution in [3.8, 4) is 11.3 Å². The summed E-state index contributed by atoms with van der Waals surface area (Å²) >= 11 is 0. The Balaban J connectivity index is 1.26. The highest BCUT2D eigenvalue weighted by Crippen LogP contribution is 2.22. The van der Waals surface area contributed by atoms with Gasteiger partial charge in [0.15, 0.2) is 11.7 Å². The second-order valence-corrected chi connectivity index (χ2v) is 9.45. The minimum atomic E-state index is -3.42. The van der Waals surface area contributed by atoms with Gasteiger partial charge < -0.3 is 9.73 Å². The SMILES string of the molecule is O=C(CCc1ncc(-c2ccccc2)o1)NCc1ccc(S(=O)(=O)N2CCCC2)cc1. The van der Waals surface area contributed by atoms with Crippen LogP contribution in [0.1, 0.15) is 30.7 Å². The third-order valence-corrected chi connectivity index (χ3v) is 7.21. The Morgan fingerprint density at radius 1 is 1.03 bits per heavy atom. The van der Waals surface area contributed by atoms with Crippen LogP contribution < -0.4 is 5.32 Å². The number of sulfonamides is 1. The lowest BCUT2D eigenvalue weighted by molar-refractivity contribution is -0.121. The van der Waals surface area contributed by atoms with Gasteiger partial charge in [-0.3, -0.25) is 4.79 Å². The third-order valence-electron chi connectivity index (χ3n) is 5.29. The average molecular weight is 440 g/mol. The second kappa shape index (κ2) is 9.45. The molecule has 8 heteroatoms. The minimum absolute atomic E-state index is 0.117. The maximum Gasteiger partial charge on any atom is 0.243 e. The fraction of sp³-hybridized carbons (Fsp3) is 0.304. The molecule has 0 bridgehead atoms. The molecule has 1 N–H and O–H groups in total. The highest BCUT2D eigenvalue weighted by Gasteiger charge is 2.26. The number of rotatable bonds is 8. The smallest absolute Gasteiger partial charge is 0.243 e. The molecule has 4 rings (SSSR count). The van der Waals surface area contributed by atoms with Crippen molar-refractivity contribution in [1.29, 1.82) is 0 Å². The molecule has 0 atom stereocenters. The molecule has 0 saturated carbocycles. The van der Waals surface area contributed by atoms with Crippen LogP contribution in [0.5, 0.6) is 0 Å². The molecule has 31 heavy (non-hydrogen) atoms. The predicted molar refractivity (Wildman–Crippen MR) is 117 cm³/mol. The Kier molecular flexibility index (Phi) is 6.48. The number of carbonyl (C=O) groups excluding carboxylic acids is 1. The third kappa shape index (κ3) is 5.21. The summed E-state index contributed by atoms with van der Waals surface area (Å²) in [6, 6.07) is 16.4. The summed E-state index contributed by atoms with van der Waals surface area (Å²) in [6.45, 7) is 1.50. The number of carbonyl (C=O) groups is 1. The molecule has 1 saturated heterocycles. The predicted octanol–water partition coefficient (Wildman–Crippen LogP) is 3.38. The van der Waals surface area contributed by atoms with Gasteiger partial charge in [0, 0.05) is 38.0 Å². The number of oxazole rings is 1. The highest BCUT2D eigenvalue weighted by molar-refractivity contribution is 7.89. The minimum Gasteiger partial charge on any atom is -0.441 e. The van der Waals surface area contributed by atoms with Gasteiger partial charge in [-0.25, -0.2) is 13.4 Å². The van der Waals surface area contributed by atoms with Crippen LogP contribution in [0.4, 0.5) is 0 Å². The molecule has 3 aromatic rings. The zero-order valence-corrected chi connectivity index (χ0v) is 18.0. The summed E-state index contributed by atoms with van der Waals surface area (Å²) in [5.41, 5.74) is 1.79. The fourth-order valence-corrected chi connectivity index (χ4v) is 5.05. The molecule has 1 fully saturated rings. The van der Waals surface area contributed by atoms with E-state index in [1.54, 1.807) is 30.5 Å². The van der Waals surface area contributed by atoms with E-state index in [4.69, 9.17) is 4.42 Å². The Morgan fingerprint density at radius 2 is 1.74 bits per heavy atom. The first-order valence-corrected chi connectivity index (χ1v) is 11.8. The van der Waals surface area contributed by atoms with Gasteiger partial charge in [-0.05, 0) is 30.5 Å². The van der Waals surface area contributed by atoms with Crippen molar-refractivity contribution in [2.75, 3.05) is 13.1 Å². The highest BCUT2D eigenvalue weighted by atomic mass is 32.2. The largest absolute Gasteiger partial charge is 0.441 e. The molecular formula is C23H25N3O4S. The lowest BCUT2D eigenvalue weighted by Gasteiger charge is -2.15. The first-order valence-electron chi connectivity index (χ1n) is 10.4. The van der Waals surface area contributed by atoms with E-state index in [0.717, 1.165) is 24.0 Å². The second-order valence-electron chi connectivity index (χ2n) is 7.52. The molecule has 1 aromatic heterocycles. The van der Waals surface area contributed by atoms with E-state index in [0.29, 0.717) is 42.6 Å². The number of hydrogen-bond acceptors (Lipinski definition) is 5. The lowest BCUT2D eigenvalue weighted by atomic mass is 10.2. The van der Waals surface area contributed by atoms with Gasteiger partial charge in [-0.15, -0.1) is 0 Å². The normalized spacial score (nSPS) is 14.6. The van der Waals surface area contributed by atoms with Crippen LogP contribution in [0.3, 0.4) is 0 Å². The van der Waals surface area contributed by atoms with E-state index < -0.39 is 10.0 Å². The molecule has 0 unspecified atom stereocenters. The monoisotopic (exact) mass is 439 g/mol. The van der Waals surface area contributed by atoms with Crippen LogP contribution in [0.25, 0.3) is 11.3 Å². The van der Waals surface area contributed by atoms with Crippen LogP contribution >= 0.6 is 0 Å². The summed E-state index contributed by atoms with van der Waals surface area (Å²) in [7, 11) is -3.42. The number of amides is 1. The zero-order chi connectivity index (χ0) is 21.7. The number of nitrogens with zero attached hydrogens (tertiary/aromatic N) is 2. The molecule has 2 heterocycles. The Bertz CT molecular complexity index is 1120. The first-order chi connectivity index (χ1) is 15.0. The standard InChI is InChI=1S/C23H25N3O4S/c27-22(12-13-23-25-17-21(30-23)19-6-2-1-3-7-19)24-16-18-8-10-20(11-9-18)31(28,29)26-14-4-5-15-26/h1-3,6-11,17H,4-5,12-16H2,(H,24,27). The van der Waals surface area contributed by atoms with E-state index in [2.05, 4.69) is 10.3 Å². The summed E-state index contributed by atoms with van der Waals surface area (Å²) in [6.07, 6.45) is 4.15. The molecule has 1 amide bonds. The number of aromatic nitrogens is 1. The first kappa shape index (κ1) is 21.3. The Hall–Kier alpha value is -2.97. The van der Waals surface area contributed by atoms with Gasteiger partial charge in [0.05, 0.1) is 11.1 Å².